The number of hydrogen-bond donors (Lipinski definition) is 0. The summed E-state index contributed by atoms with van der Waals surface area (Å²) in [7, 11) is 0. The monoisotopic (exact) mass is 245 g/mol. The number of carbonyl (C=O) groups excluding carboxylic acids is 1. The molecule has 2 nitrogen and oxygen atoms in total. The van der Waals surface area contributed by atoms with Gasteiger partial charge in [-0.15, -0.1) is 0 Å². The van der Waals surface area contributed by atoms with Crippen molar-refractivity contribution in [2.24, 2.45) is 0 Å². The highest BCUT2D eigenvalue weighted by Gasteiger charge is 2.36. The van der Waals surface area contributed by atoms with Crippen LogP contribution in [0.4, 0.5) is 0 Å². The zero-order valence-electron chi connectivity index (χ0n) is 11.9. The lowest BCUT2D eigenvalue weighted by Gasteiger charge is -2.34. The molecule has 0 N–H and O–H groups in total. The molecule has 0 bridgehead atoms. The van der Waals surface area contributed by atoms with Crippen molar-refractivity contribution in [2.75, 3.05) is 13.1 Å². The van der Waals surface area contributed by atoms with E-state index in [0.717, 1.165) is 29.8 Å². The first-order chi connectivity index (χ1) is 8.43. The second kappa shape index (κ2) is 4.85. The maximum absolute atomic E-state index is 12.8. The van der Waals surface area contributed by atoms with E-state index in [0.29, 0.717) is 0 Å². The van der Waals surface area contributed by atoms with E-state index in [-0.39, 0.29) is 11.3 Å². The second-order valence-corrected chi connectivity index (χ2v) is 5.90. The Labute approximate surface area is 110 Å². The maximum atomic E-state index is 12.8. The van der Waals surface area contributed by atoms with Gasteiger partial charge in [0.25, 0.3) is 0 Å². The third-order valence-electron chi connectivity index (χ3n) is 4.09. The van der Waals surface area contributed by atoms with Gasteiger partial charge in [0, 0.05) is 5.56 Å². The van der Waals surface area contributed by atoms with Crippen LogP contribution in [0.2, 0.25) is 0 Å². The number of hydrogen-bond acceptors (Lipinski definition) is 2. The minimum Gasteiger partial charge on any atom is -0.292 e. The van der Waals surface area contributed by atoms with Crippen molar-refractivity contribution in [2.45, 2.75) is 46.1 Å². The molecule has 98 valence electrons. The summed E-state index contributed by atoms with van der Waals surface area (Å²) in [5, 5.41) is 0. The van der Waals surface area contributed by atoms with Gasteiger partial charge >= 0.3 is 0 Å². The van der Waals surface area contributed by atoms with Gasteiger partial charge in [-0.05, 0) is 65.3 Å². The van der Waals surface area contributed by atoms with E-state index in [1.54, 1.807) is 0 Å². The Balaban J connectivity index is 2.32. The van der Waals surface area contributed by atoms with Gasteiger partial charge in [0.1, 0.15) is 0 Å². The largest absolute Gasteiger partial charge is 0.292 e. The predicted molar refractivity (Wildman–Crippen MR) is 75.1 cm³/mol. The third-order valence-corrected chi connectivity index (χ3v) is 4.09. The van der Waals surface area contributed by atoms with Crippen molar-refractivity contribution in [3.05, 3.63) is 34.9 Å². The van der Waals surface area contributed by atoms with Crippen LogP contribution in [0.25, 0.3) is 0 Å². The predicted octanol–water partition coefficient (Wildman–Crippen LogP) is 3.36. The van der Waals surface area contributed by atoms with E-state index in [1.165, 1.54) is 12.8 Å². The lowest BCUT2D eigenvalue weighted by molar-refractivity contribution is 0.0702. The minimum absolute atomic E-state index is 0.255. The zero-order valence-corrected chi connectivity index (χ0v) is 11.9. The first-order valence-corrected chi connectivity index (χ1v) is 6.80. The summed E-state index contributed by atoms with van der Waals surface area (Å²) in [6.45, 7) is 10.3. The number of rotatable bonds is 3. The fraction of sp³-hybridized carbons (Fsp3) is 0.562. The summed E-state index contributed by atoms with van der Waals surface area (Å²) in [4.78, 5) is 15.1. The van der Waals surface area contributed by atoms with Crippen LogP contribution in [-0.4, -0.2) is 29.3 Å². The number of benzene rings is 1. The van der Waals surface area contributed by atoms with E-state index in [1.807, 2.05) is 26.0 Å². The Bertz CT molecular complexity index is 456. The average Bonchev–Trinajstić information content (AvgIpc) is 2.85. The molecule has 0 radical (unpaired) electrons. The van der Waals surface area contributed by atoms with Crippen LogP contribution in [0.3, 0.4) is 0 Å². The molecule has 1 aromatic carbocycles. The first-order valence-electron chi connectivity index (χ1n) is 6.80. The number of carbonyl (C=O) groups is 1. The minimum atomic E-state index is -0.380. The SMILES string of the molecule is Cc1ccc(C)c(C(=O)C(C)(C)N2CCCC2)c1. The molecule has 1 aromatic rings. The Morgan fingerprint density at radius 3 is 2.39 bits per heavy atom. The molecule has 0 unspecified atom stereocenters. The van der Waals surface area contributed by atoms with Crippen molar-refractivity contribution < 1.29 is 4.79 Å². The Kier molecular flexibility index (Phi) is 3.58. The molecule has 18 heavy (non-hydrogen) atoms. The van der Waals surface area contributed by atoms with Crippen LogP contribution < -0.4 is 0 Å². The summed E-state index contributed by atoms with van der Waals surface area (Å²) < 4.78 is 0. The molecular formula is C16H23NO. The van der Waals surface area contributed by atoms with Crippen LogP contribution >= 0.6 is 0 Å². The van der Waals surface area contributed by atoms with Gasteiger partial charge in [0.15, 0.2) is 5.78 Å². The van der Waals surface area contributed by atoms with Crippen LogP contribution in [-0.2, 0) is 0 Å². The van der Waals surface area contributed by atoms with Crippen LogP contribution in [0.5, 0.6) is 0 Å². The molecule has 0 spiro atoms. The molecule has 0 aromatic heterocycles. The van der Waals surface area contributed by atoms with Crippen LogP contribution in [0, 0.1) is 13.8 Å². The lowest BCUT2D eigenvalue weighted by atomic mass is 9.88. The average molecular weight is 245 g/mol. The van der Waals surface area contributed by atoms with Gasteiger partial charge in [0.05, 0.1) is 5.54 Å². The normalized spacial score (nSPS) is 17.1. The number of Topliss-reactive ketones (excluding diaryl/α,β-unsaturated/α-hetero) is 1. The van der Waals surface area contributed by atoms with Gasteiger partial charge in [-0.25, -0.2) is 0 Å². The summed E-state index contributed by atoms with van der Waals surface area (Å²) in [5.74, 6) is 0.255. The van der Waals surface area contributed by atoms with Gasteiger partial charge in [0.2, 0.25) is 0 Å². The van der Waals surface area contributed by atoms with Gasteiger partial charge in [-0.2, -0.15) is 0 Å². The zero-order chi connectivity index (χ0) is 13.3. The lowest BCUT2D eigenvalue weighted by Crippen LogP contribution is -2.48. The van der Waals surface area contributed by atoms with E-state index < -0.39 is 0 Å². The molecule has 0 amide bonds. The fourth-order valence-electron chi connectivity index (χ4n) is 2.73. The highest BCUT2D eigenvalue weighted by atomic mass is 16.1. The van der Waals surface area contributed by atoms with E-state index in [4.69, 9.17) is 0 Å². The van der Waals surface area contributed by atoms with Crippen molar-refractivity contribution in [3.63, 3.8) is 0 Å². The molecule has 1 saturated heterocycles. The number of likely N-dealkylation sites (tertiary alicyclic amines) is 1. The summed E-state index contributed by atoms with van der Waals surface area (Å²) in [5.41, 5.74) is 2.74. The summed E-state index contributed by atoms with van der Waals surface area (Å²) >= 11 is 0. The number of aryl methyl sites for hydroxylation is 2. The Morgan fingerprint density at radius 2 is 1.78 bits per heavy atom. The quantitative estimate of drug-likeness (QED) is 0.761. The second-order valence-electron chi connectivity index (χ2n) is 5.90. The Hall–Kier alpha value is -1.15. The first kappa shape index (κ1) is 13.3. The van der Waals surface area contributed by atoms with Gasteiger partial charge in [-0.1, -0.05) is 17.7 Å². The third kappa shape index (κ3) is 2.35. The summed E-state index contributed by atoms with van der Waals surface area (Å²) in [6.07, 6.45) is 2.42. The molecular weight excluding hydrogens is 222 g/mol. The Morgan fingerprint density at radius 1 is 1.17 bits per heavy atom. The van der Waals surface area contributed by atoms with Crippen LogP contribution in [0.15, 0.2) is 18.2 Å². The standard InChI is InChI=1S/C16H23NO/c1-12-7-8-13(2)14(11-12)15(18)16(3,4)17-9-5-6-10-17/h7-8,11H,5-6,9-10H2,1-4H3. The van der Waals surface area contributed by atoms with Crippen molar-refractivity contribution in [3.8, 4) is 0 Å². The smallest absolute Gasteiger partial charge is 0.182 e. The molecule has 0 atom stereocenters. The van der Waals surface area contributed by atoms with Crippen molar-refractivity contribution >= 4 is 5.78 Å². The molecule has 0 aliphatic carbocycles. The number of ketones is 1. The maximum Gasteiger partial charge on any atom is 0.182 e. The molecule has 2 heteroatoms. The van der Waals surface area contributed by atoms with E-state index in [9.17, 15) is 4.79 Å². The van der Waals surface area contributed by atoms with Crippen LogP contribution in [0.1, 0.15) is 48.2 Å². The molecule has 1 fully saturated rings. The number of nitrogens with zero attached hydrogens (tertiary/aromatic N) is 1. The van der Waals surface area contributed by atoms with Crippen molar-refractivity contribution in [1.29, 1.82) is 0 Å². The summed E-state index contributed by atoms with van der Waals surface area (Å²) in [6, 6.07) is 6.13. The molecule has 0 saturated carbocycles. The fourth-order valence-corrected chi connectivity index (χ4v) is 2.73. The van der Waals surface area contributed by atoms with E-state index >= 15 is 0 Å². The van der Waals surface area contributed by atoms with Gasteiger partial charge < -0.3 is 0 Å². The molecule has 1 aliphatic rings. The highest BCUT2D eigenvalue weighted by molar-refractivity contribution is 6.03. The highest BCUT2D eigenvalue weighted by Crippen LogP contribution is 2.26. The molecule has 2 rings (SSSR count). The van der Waals surface area contributed by atoms with Gasteiger partial charge in [-0.3, -0.25) is 9.69 Å². The topological polar surface area (TPSA) is 20.3 Å². The molecule has 1 heterocycles. The van der Waals surface area contributed by atoms with Crippen molar-refractivity contribution in [1.82, 2.24) is 4.90 Å². The molecule has 1 aliphatic heterocycles. The van der Waals surface area contributed by atoms with E-state index in [2.05, 4.69) is 24.8 Å².